The Labute approximate surface area is 91.8 Å². The molecule has 2 aromatic rings. The van der Waals surface area contributed by atoms with Crippen molar-refractivity contribution in [3.63, 3.8) is 0 Å². The van der Waals surface area contributed by atoms with Crippen LogP contribution in [0.25, 0.3) is 11.1 Å². The number of benzene rings is 1. The summed E-state index contributed by atoms with van der Waals surface area (Å²) >= 11 is 0. The van der Waals surface area contributed by atoms with Crippen LogP contribution in [0.15, 0.2) is 42.7 Å². The number of pyridine rings is 1. The predicted molar refractivity (Wildman–Crippen MR) is 58.3 cm³/mol. The molecule has 16 heavy (non-hydrogen) atoms. The number of hydrogen-bond donors (Lipinski definition) is 2. The molecule has 0 atom stereocenters. The van der Waals surface area contributed by atoms with Crippen LogP contribution in [0, 0.1) is 0 Å². The summed E-state index contributed by atoms with van der Waals surface area (Å²) < 4.78 is 0. The molecule has 0 spiro atoms. The zero-order chi connectivity index (χ0) is 11.5. The molecule has 0 aliphatic heterocycles. The highest BCUT2D eigenvalue weighted by atomic mass is 16.4. The second-order valence-electron chi connectivity index (χ2n) is 3.28. The SMILES string of the molecule is O=C(O)c1cc(O)ccc1-c1cccnc1. The van der Waals surface area contributed by atoms with E-state index in [1.165, 1.54) is 12.1 Å². The standard InChI is InChI=1S/C12H9NO3/c14-9-3-4-10(11(6-9)12(15)16)8-2-1-5-13-7-8/h1-7,14H,(H,15,16). The lowest BCUT2D eigenvalue weighted by atomic mass is 10.0. The van der Waals surface area contributed by atoms with Gasteiger partial charge in [0, 0.05) is 18.0 Å². The average Bonchev–Trinajstić information content (AvgIpc) is 2.30. The minimum absolute atomic E-state index is 0.0630. The number of carboxylic acid groups (broad SMARTS) is 1. The van der Waals surface area contributed by atoms with E-state index in [-0.39, 0.29) is 11.3 Å². The Morgan fingerprint density at radius 1 is 1.25 bits per heavy atom. The molecule has 0 unspecified atom stereocenters. The van der Waals surface area contributed by atoms with E-state index in [2.05, 4.69) is 4.98 Å². The molecule has 1 aromatic heterocycles. The zero-order valence-corrected chi connectivity index (χ0v) is 8.29. The van der Waals surface area contributed by atoms with Gasteiger partial charge in [-0.1, -0.05) is 6.07 Å². The first kappa shape index (κ1) is 10.2. The Hall–Kier alpha value is -2.36. The molecular weight excluding hydrogens is 206 g/mol. The van der Waals surface area contributed by atoms with Gasteiger partial charge < -0.3 is 10.2 Å². The van der Waals surface area contributed by atoms with Crippen LogP contribution in [0.4, 0.5) is 0 Å². The lowest BCUT2D eigenvalue weighted by Gasteiger charge is -2.05. The van der Waals surface area contributed by atoms with Gasteiger partial charge in [0.25, 0.3) is 0 Å². The Bertz CT molecular complexity index is 523. The third kappa shape index (κ3) is 1.86. The highest BCUT2D eigenvalue weighted by Crippen LogP contribution is 2.26. The molecule has 0 amide bonds. The number of hydrogen-bond acceptors (Lipinski definition) is 3. The molecule has 0 saturated heterocycles. The van der Waals surface area contributed by atoms with Gasteiger partial charge in [-0.15, -0.1) is 0 Å². The highest BCUT2D eigenvalue weighted by molar-refractivity contribution is 5.96. The fourth-order valence-corrected chi connectivity index (χ4v) is 1.48. The molecule has 2 rings (SSSR count). The molecule has 0 saturated carbocycles. The Kier molecular flexibility index (Phi) is 2.55. The Morgan fingerprint density at radius 3 is 2.69 bits per heavy atom. The summed E-state index contributed by atoms with van der Waals surface area (Å²) in [4.78, 5) is 14.9. The van der Waals surface area contributed by atoms with Crippen molar-refractivity contribution in [1.29, 1.82) is 0 Å². The van der Waals surface area contributed by atoms with Crippen molar-refractivity contribution in [2.45, 2.75) is 0 Å². The summed E-state index contributed by atoms with van der Waals surface area (Å²) in [6.45, 7) is 0. The van der Waals surface area contributed by atoms with Crippen molar-refractivity contribution < 1.29 is 15.0 Å². The van der Waals surface area contributed by atoms with Crippen molar-refractivity contribution >= 4 is 5.97 Å². The smallest absolute Gasteiger partial charge is 0.336 e. The molecule has 0 aliphatic rings. The van der Waals surface area contributed by atoms with E-state index in [0.29, 0.717) is 11.1 Å². The first-order valence-electron chi connectivity index (χ1n) is 4.65. The van der Waals surface area contributed by atoms with Crippen molar-refractivity contribution in [3.8, 4) is 16.9 Å². The fourth-order valence-electron chi connectivity index (χ4n) is 1.48. The highest BCUT2D eigenvalue weighted by Gasteiger charge is 2.12. The average molecular weight is 215 g/mol. The van der Waals surface area contributed by atoms with E-state index in [9.17, 15) is 9.90 Å². The van der Waals surface area contributed by atoms with Gasteiger partial charge in [-0.25, -0.2) is 4.79 Å². The number of aromatic nitrogens is 1. The van der Waals surface area contributed by atoms with Gasteiger partial charge in [0.05, 0.1) is 5.56 Å². The Balaban J connectivity index is 2.61. The van der Waals surface area contributed by atoms with Crippen LogP contribution in [0.1, 0.15) is 10.4 Å². The Morgan fingerprint density at radius 2 is 2.06 bits per heavy atom. The van der Waals surface area contributed by atoms with Gasteiger partial charge in [0.1, 0.15) is 5.75 Å². The minimum atomic E-state index is -1.07. The van der Waals surface area contributed by atoms with Crippen LogP contribution in [0.2, 0.25) is 0 Å². The van der Waals surface area contributed by atoms with Gasteiger partial charge in [-0.2, -0.15) is 0 Å². The van der Waals surface area contributed by atoms with Gasteiger partial charge in [-0.05, 0) is 29.8 Å². The molecular formula is C12H9NO3. The van der Waals surface area contributed by atoms with Crippen LogP contribution >= 0.6 is 0 Å². The number of carboxylic acids is 1. The molecule has 4 heteroatoms. The third-order valence-corrected chi connectivity index (χ3v) is 2.21. The first-order chi connectivity index (χ1) is 7.68. The van der Waals surface area contributed by atoms with Gasteiger partial charge in [-0.3, -0.25) is 4.98 Å². The maximum absolute atomic E-state index is 11.0. The number of aromatic hydroxyl groups is 1. The van der Waals surface area contributed by atoms with E-state index >= 15 is 0 Å². The summed E-state index contributed by atoms with van der Waals surface area (Å²) in [5, 5.41) is 18.3. The molecule has 1 heterocycles. The van der Waals surface area contributed by atoms with Crippen LogP contribution in [-0.2, 0) is 0 Å². The molecule has 0 fully saturated rings. The van der Waals surface area contributed by atoms with Crippen molar-refractivity contribution in [3.05, 3.63) is 48.3 Å². The van der Waals surface area contributed by atoms with E-state index in [4.69, 9.17) is 5.11 Å². The number of aromatic carboxylic acids is 1. The van der Waals surface area contributed by atoms with E-state index in [1.54, 1.807) is 30.6 Å². The lowest BCUT2D eigenvalue weighted by molar-refractivity contribution is 0.0697. The molecule has 4 nitrogen and oxygen atoms in total. The predicted octanol–water partition coefficient (Wildman–Crippen LogP) is 2.15. The summed E-state index contributed by atoms with van der Waals surface area (Å²) in [6, 6.07) is 7.74. The second-order valence-corrected chi connectivity index (χ2v) is 3.28. The number of phenols is 1. The zero-order valence-electron chi connectivity index (χ0n) is 8.29. The second kappa shape index (κ2) is 4.02. The van der Waals surface area contributed by atoms with E-state index < -0.39 is 5.97 Å². The van der Waals surface area contributed by atoms with Crippen LogP contribution < -0.4 is 0 Å². The number of carbonyl (C=O) groups is 1. The molecule has 1 aromatic carbocycles. The summed E-state index contributed by atoms with van der Waals surface area (Å²) in [6.07, 6.45) is 3.20. The molecule has 0 radical (unpaired) electrons. The summed E-state index contributed by atoms with van der Waals surface area (Å²) in [7, 11) is 0. The monoisotopic (exact) mass is 215 g/mol. The van der Waals surface area contributed by atoms with Crippen molar-refractivity contribution in [2.75, 3.05) is 0 Å². The molecule has 80 valence electrons. The quantitative estimate of drug-likeness (QED) is 0.805. The largest absolute Gasteiger partial charge is 0.508 e. The normalized spacial score (nSPS) is 10.0. The van der Waals surface area contributed by atoms with Crippen molar-refractivity contribution in [1.82, 2.24) is 4.98 Å². The molecule has 0 bridgehead atoms. The first-order valence-corrected chi connectivity index (χ1v) is 4.65. The van der Waals surface area contributed by atoms with Crippen molar-refractivity contribution in [2.24, 2.45) is 0 Å². The number of rotatable bonds is 2. The number of phenolic OH excluding ortho intramolecular Hbond substituents is 1. The summed E-state index contributed by atoms with van der Waals surface area (Å²) in [5.74, 6) is -1.14. The van der Waals surface area contributed by atoms with Gasteiger partial charge in [0.2, 0.25) is 0 Å². The molecule has 2 N–H and O–H groups in total. The van der Waals surface area contributed by atoms with Gasteiger partial charge >= 0.3 is 5.97 Å². The topological polar surface area (TPSA) is 70.4 Å². The molecule has 0 aliphatic carbocycles. The minimum Gasteiger partial charge on any atom is -0.508 e. The fraction of sp³-hybridized carbons (Fsp3) is 0. The number of nitrogens with zero attached hydrogens (tertiary/aromatic N) is 1. The van der Waals surface area contributed by atoms with Crippen LogP contribution in [0.3, 0.4) is 0 Å². The lowest BCUT2D eigenvalue weighted by Crippen LogP contribution is -1.99. The van der Waals surface area contributed by atoms with Crippen LogP contribution in [-0.4, -0.2) is 21.2 Å². The summed E-state index contributed by atoms with van der Waals surface area (Å²) in [5.41, 5.74) is 1.31. The van der Waals surface area contributed by atoms with Gasteiger partial charge in [0.15, 0.2) is 0 Å². The van der Waals surface area contributed by atoms with Crippen LogP contribution in [0.5, 0.6) is 5.75 Å². The van der Waals surface area contributed by atoms with E-state index in [1.807, 2.05) is 0 Å². The maximum Gasteiger partial charge on any atom is 0.336 e. The maximum atomic E-state index is 11.0. The third-order valence-electron chi connectivity index (χ3n) is 2.21. The van der Waals surface area contributed by atoms with E-state index in [0.717, 1.165) is 0 Å².